The molecule has 10 heteroatoms. The van der Waals surface area contributed by atoms with Crippen LogP contribution in [-0.2, 0) is 32.6 Å². The van der Waals surface area contributed by atoms with Crippen molar-refractivity contribution in [2.75, 3.05) is 30.8 Å². The number of sulfonamides is 1. The third kappa shape index (κ3) is 8.99. The molecule has 0 radical (unpaired) electrons. The number of ether oxygens (including phenoxy) is 1. The number of nitrogens with zero attached hydrogens (tertiary/aromatic N) is 2. The number of rotatable bonds is 14. The molecule has 40 heavy (non-hydrogen) atoms. The predicted octanol–water partition coefficient (Wildman–Crippen LogP) is 4.67. The Morgan fingerprint density at radius 1 is 0.950 bits per heavy atom. The number of anilines is 1. The number of carbonyl (C=O) groups excluding carboxylic acids is 2. The summed E-state index contributed by atoms with van der Waals surface area (Å²) in [4.78, 5) is 29.0. The average Bonchev–Trinajstić information content (AvgIpc) is 2.94. The minimum absolute atomic E-state index is 0.0922. The lowest BCUT2D eigenvalue weighted by molar-refractivity contribution is -0.140. The molecule has 0 saturated heterocycles. The molecule has 0 aliphatic rings. The van der Waals surface area contributed by atoms with Crippen molar-refractivity contribution in [3.05, 3.63) is 95.0 Å². The third-order valence-electron chi connectivity index (χ3n) is 6.41. The predicted molar refractivity (Wildman–Crippen MR) is 159 cm³/mol. The lowest BCUT2D eigenvalue weighted by Gasteiger charge is -2.33. The largest absolute Gasteiger partial charge is 0.497 e. The van der Waals surface area contributed by atoms with Crippen LogP contribution in [0.1, 0.15) is 30.9 Å². The summed E-state index contributed by atoms with van der Waals surface area (Å²) in [7, 11) is -2.33. The Morgan fingerprint density at radius 3 is 2.17 bits per heavy atom. The molecular weight excluding hydrogens is 550 g/mol. The molecular formula is C30H36ClN3O5S. The van der Waals surface area contributed by atoms with Crippen molar-refractivity contribution in [2.45, 2.75) is 38.8 Å². The highest BCUT2D eigenvalue weighted by atomic mass is 35.5. The zero-order valence-electron chi connectivity index (χ0n) is 23.0. The third-order valence-corrected chi connectivity index (χ3v) is 7.80. The van der Waals surface area contributed by atoms with Gasteiger partial charge < -0.3 is 15.0 Å². The maximum Gasteiger partial charge on any atom is 0.244 e. The molecule has 0 unspecified atom stereocenters. The first kappa shape index (κ1) is 31.0. The van der Waals surface area contributed by atoms with Crippen molar-refractivity contribution in [1.29, 1.82) is 0 Å². The Bertz CT molecular complexity index is 1350. The van der Waals surface area contributed by atoms with Crippen molar-refractivity contribution in [1.82, 2.24) is 10.2 Å². The van der Waals surface area contributed by atoms with Crippen LogP contribution in [0.4, 0.5) is 5.69 Å². The second-order valence-electron chi connectivity index (χ2n) is 9.47. The lowest BCUT2D eigenvalue weighted by atomic mass is 10.0. The van der Waals surface area contributed by atoms with Crippen LogP contribution in [0.2, 0.25) is 5.02 Å². The van der Waals surface area contributed by atoms with Crippen molar-refractivity contribution < 1.29 is 22.7 Å². The fraction of sp³-hybridized carbons (Fsp3) is 0.333. The smallest absolute Gasteiger partial charge is 0.244 e. The highest BCUT2D eigenvalue weighted by Gasteiger charge is 2.33. The molecule has 0 bridgehead atoms. The molecule has 2 amide bonds. The summed E-state index contributed by atoms with van der Waals surface area (Å²) in [5.41, 5.74) is 1.95. The molecule has 0 aliphatic heterocycles. The monoisotopic (exact) mass is 585 g/mol. The number of carbonyl (C=O) groups is 2. The molecule has 8 nitrogen and oxygen atoms in total. The highest BCUT2D eigenvalue weighted by Crippen LogP contribution is 2.23. The van der Waals surface area contributed by atoms with Gasteiger partial charge in [0.2, 0.25) is 21.8 Å². The number of hydrogen-bond donors (Lipinski definition) is 1. The standard InChI is InChI=1S/C30H36ClN3O5S/c1-4-5-19-32-30(36)28(20-23-9-7-6-8-10-23)33(21-24-11-13-25(31)14-12-24)29(35)22-34(40(3,37)38)26-15-17-27(39-2)18-16-26/h6-18,28H,4-5,19-22H2,1-3H3,(H,32,36)/t28-/m1/s1. The van der Waals surface area contributed by atoms with Crippen LogP contribution in [-0.4, -0.2) is 57.6 Å². The summed E-state index contributed by atoms with van der Waals surface area (Å²) in [6, 6.07) is 22.0. The van der Waals surface area contributed by atoms with Gasteiger partial charge in [-0.25, -0.2) is 8.42 Å². The van der Waals surface area contributed by atoms with Gasteiger partial charge in [0.05, 0.1) is 19.1 Å². The fourth-order valence-electron chi connectivity index (χ4n) is 4.21. The van der Waals surface area contributed by atoms with Gasteiger partial charge in [0.1, 0.15) is 18.3 Å². The van der Waals surface area contributed by atoms with Crippen LogP contribution in [0.3, 0.4) is 0 Å². The second kappa shape index (κ2) is 14.7. The van der Waals surface area contributed by atoms with E-state index in [0.717, 1.165) is 34.5 Å². The number of amides is 2. The zero-order valence-corrected chi connectivity index (χ0v) is 24.6. The number of halogens is 1. The molecule has 0 aliphatic carbocycles. The van der Waals surface area contributed by atoms with Gasteiger partial charge in [-0.15, -0.1) is 0 Å². The van der Waals surface area contributed by atoms with E-state index in [1.807, 2.05) is 37.3 Å². The molecule has 1 atom stereocenters. The molecule has 3 aromatic rings. The molecule has 0 spiro atoms. The van der Waals surface area contributed by atoms with E-state index in [1.165, 1.54) is 12.0 Å². The van der Waals surface area contributed by atoms with Crippen LogP contribution >= 0.6 is 11.6 Å². The van der Waals surface area contributed by atoms with Crippen molar-refractivity contribution in [3.63, 3.8) is 0 Å². The summed E-state index contributed by atoms with van der Waals surface area (Å²) >= 11 is 6.08. The molecule has 0 saturated carbocycles. The number of methoxy groups -OCH3 is 1. The van der Waals surface area contributed by atoms with Gasteiger partial charge in [0, 0.05) is 24.5 Å². The van der Waals surface area contributed by atoms with Crippen LogP contribution in [0.5, 0.6) is 5.75 Å². The number of unbranched alkanes of at least 4 members (excludes halogenated alkanes) is 1. The van der Waals surface area contributed by atoms with Gasteiger partial charge >= 0.3 is 0 Å². The Hall–Kier alpha value is -3.56. The minimum atomic E-state index is -3.84. The zero-order chi connectivity index (χ0) is 29.1. The summed E-state index contributed by atoms with van der Waals surface area (Å²) in [6.45, 7) is 2.12. The summed E-state index contributed by atoms with van der Waals surface area (Å²) < 4.78 is 31.9. The summed E-state index contributed by atoms with van der Waals surface area (Å²) in [5.74, 6) is -0.252. The average molecular weight is 586 g/mol. The van der Waals surface area contributed by atoms with Crippen molar-refractivity contribution >= 4 is 39.1 Å². The Labute approximate surface area is 241 Å². The van der Waals surface area contributed by atoms with Gasteiger partial charge in [0.25, 0.3) is 0 Å². The molecule has 0 heterocycles. The van der Waals surface area contributed by atoms with E-state index < -0.39 is 28.5 Å². The number of nitrogens with one attached hydrogen (secondary N) is 1. The normalized spacial score (nSPS) is 11.9. The quantitative estimate of drug-likeness (QED) is 0.277. The van der Waals surface area contributed by atoms with Crippen molar-refractivity contribution in [2.24, 2.45) is 0 Å². The van der Waals surface area contributed by atoms with E-state index in [4.69, 9.17) is 16.3 Å². The van der Waals surface area contributed by atoms with Gasteiger partial charge in [-0.2, -0.15) is 0 Å². The second-order valence-corrected chi connectivity index (χ2v) is 11.8. The Kier molecular flexibility index (Phi) is 11.4. The molecule has 3 aromatic carbocycles. The van der Waals surface area contributed by atoms with Crippen LogP contribution in [0.25, 0.3) is 0 Å². The maximum atomic E-state index is 14.0. The summed E-state index contributed by atoms with van der Waals surface area (Å²) in [6.07, 6.45) is 3.02. The van der Waals surface area contributed by atoms with Crippen LogP contribution in [0, 0.1) is 0 Å². The van der Waals surface area contributed by atoms with E-state index in [2.05, 4.69) is 5.32 Å². The molecule has 1 N–H and O–H groups in total. The first-order chi connectivity index (χ1) is 19.1. The lowest BCUT2D eigenvalue weighted by Crippen LogP contribution is -2.53. The first-order valence-electron chi connectivity index (χ1n) is 13.1. The van der Waals surface area contributed by atoms with E-state index in [9.17, 15) is 18.0 Å². The van der Waals surface area contributed by atoms with Crippen LogP contribution < -0.4 is 14.4 Å². The van der Waals surface area contributed by atoms with Gasteiger partial charge in [-0.1, -0.05) is 67.4 Å². The Balaban J connectivity index is 2.01. The first-order valence-corrected chi connectivity index (χ1v) is 15.3. The van der Waals surface area contributed by atoms with Crippen molar-refractivity contribution in [3.8, 4) is 5.75 Å². The molecule has 3 rings (SSSR count). The van der Waals surface area contributed by atoms with E-state index in [1.54, 1.807) is 48.5 Å². The number of hydrogen-bond acceptors (Lipinski definition) is 5. The molecule has 0 aromatic heterocycles. The molecule has 0 fully saturated rings. The SMILES string of the molecule is CCCCNC(=O)[C@@H](Cc1ccccc1)N(Cc1ccc(Cl)cc1)C(=O)CN(c1ccc(OC)cc1)S(C)(=O)=O. The highest BCUT2D eigenvalue weighted by molar-refractivity contribution is 7.92. The van der Waals surface area contributed by atoms with E-state index in [0.29, 0.717) is 23.0 Å². The van der Waals surface area contributed by atoms with Crippen LogP contribution in [0.15, 0.2) is 78.9 Å². The number of benzene rings is 3. The fourth-order valence-corrected chi connectivity index (χ4v) is 5.18. The van der Waals surface area contributed by atoms with Gasteiger partial charge in [-0.3, -0.25) is 13.9 Å². The summed E-state index contributed by atoms with van der Waals surface area (Å²) in [5, 5.41) is 3.51. The topological polar surface area (TPSA) is 96.0 Å². The van der Waals surface area contributed by atoms with E-state index >= 15 is 0 Å². The van der Waals surface area contributed by atoms with E-state index in [-0.39, 0.29) is 18.9 Å². The van der Waals surface area contributed by atoms with Gasteiger partial charge in [-0.05, 0) is 53.9 Å². The van der Waals surface area contributed by atoms with Gasteiger partial charge in [0.15, 0.2) is 0 Å². The molecule has 214 valence electrons. The Morgan fingerprint density at radius 2 is 1.60 bits per heavy atom. The maximum absolute atomic E-state index is 14.0. The minimum Gasteiger partial charge on any atom is -0.497 e.